The van der Waals surface area contributed by atoms with E-state index in [1.54, 1.807) is 12.1 Å². The molecule has 0 radical (unpaired) electrons. The number of methoxy groups -OCH3 is 1. The number of aromatic hydroxyl groups is 1. The fraction of sp³-hybridized carbons (Fsp3) is 0.176. The van der Waals surface area contributed by atoms with E-state index in [1.165, 1.54) is 19.4 Å². The molecule has 6 heteroatoms. The largest absolute Gasteiger partial charge is 0.504 e. The van der Waals surface area contributed by atoms with Crippen LogP contribution in [0.5, 0.6) is 11.5 Å². The zero-order chi connectivity index (χ0) is 16.7. The highest BCUT2D eigenvalue weighted by Gasteiger charge is 2.02. The van der Waals surface area contributed by atoms with Gasteiger partial charge in [-0.25, -0.2) is 5.43 Å². The molecule has 0 unspecified atom stereocenters. The number of nitrogens with one attached hydrogen (secondary N) is 2. The molecule has 0 fully saturated rings. The summed E-state index contributed by atoms with van der Waals surface area (Å²) in [5, 5.41) is 16.6. The fourth-order valence-corrected chi connectivity index (χ4v) is 1.95. The van der Waals surface area contributed by atoms with Crippen molar-refractivity contribution in [2.24, 2.45) is 5.10 Å². The van der Waals surface area contributed by atoms with Gasteiger partial charge in [0.15, 0.2) is 11.5 Å². The Bertz CT molecular complexity index is 714. The zero-order valence-electron chi connectivity index (χ0n) is 13.0. The standard InChI is InChI=1S/C17H19N3O3/c1-12-5-3-4-6-14(12)18-11-17(22)20-19-10-13-7-8-16(23-2)15(21)9-13/h3-10,18,21H,11H2,1-2H3,(H,20,22)/b19-10+. The van der Waals surface area contributed by atoms with Crippen LogP contribution >= 0.6 is 0 Å². The quantitative estimate of drug-likeness (QED) is 0.564. The van der Waals surface area contributed by atoms with Crippen LogP contribution in [0, 0.1) is 6.92 Å². The summed E-state index contributed by atoms with van der Waals surface area (Å²) in [5.74, 6) is 0.139. The van der Waals surface area contributed by atoms with Crippen LogP contribution in [0.25, 0.3) is 0 Å². The van der Waals surface area contributed by atoms with Crippen molar-refractivity contribution in [3.63, 3.8) is 0 Å². The highest BCUT2D eigenvalue weighted by atomic mass is 16.5. The predicted octanol–water partition coefficient (Wildman–Crippen LogP) is 2.27. The number of carbonyl (C=O) groups excluding carboxylic acids is 1. The van der Waals surface area contributed by atoms with E-state index in [2.05, 4.69) is 15.8 Å². The first-order valence-corrected chi connectivity index (χ1v) is 7.08. The number of hydrogen-bond acceptors (Lipinski definition) is 5. The Labute approximate surface area is 134 Å². The molecule has 0 aliphatic carbocycles. The Hall–Kier alpha value is -3.02. The van der Waals surface area contributed by atoms with E-state index in [0.717, 1.165) is 11.3 Å². The minimum Gasteiger partial charge on any atom is -0.504 e. The lowest BCUT2D eigenvalue weighted by atomic mass is 10.2. The van der Waals surface area contributed by atoms with Crippen molar-refractivity contribution in [1.82, 2.24) is 5.43 Å². The van der Waals surface area contributed by atoms with Gasteiger partial charge in [0.2, 0.25) is 0 Å². The van der Waals surface area contributed by atoms with Gasteiger partial charge in [0.1, 0.15) is 0 Å². The lowest BCUT2D eigenvalue weighted by molar-refractivity contribution is -0.119. The molecule has 2 rings (SSSR count). The normalized spacial score (nSPS) is 10.5. The third kappa shape index (κ3) is 4.74. The van der Waals surface area contributed by atoms with Gasteiger partial charge >= 0.3 is 0 Å². The highest BCUT2D eigenvalue weighted by molar-refractivity contribution is 5.84. The first kappa shape index (κ1) is 16.4. The van der Waals surface area contributed by atoms with E-state index in [0.29, 0.717) is 11.3 Å². The van der Waals surface area contributed by atoms with Gasteiger partial charge in [0, 0.05) is 5.69 Å². The number of aryl methyl sites for hydroxylation is 1. The van der Waals surface area contributed by atoms with E-state index >= 15 is 0 Å². The van der Waals surface area contributed by atoms with Crippen molar-refractivity contribution >= 4 is 17.8 Å². The summed E-state index contributed by atoms with van der Waals surface area (Å²) in [6.45, 7) is 2.09. The number of hydrazone groups is 1. The van der Waals surface area contributed by atoms with Crippen LogP contribution in [0.4, 0.5) is 5.69 Å². The van der Waals surface area contributed by atoms with Crippen LogP contribution in [-0.4, -0.2) is 30.9 Å². The molecule has 0 bridgehead atoms. The molecule has 2 aromatic carbocycles. The average Bonchev–Trinajstić information content (AvgIpc) is 2.54. The van der Waals surface area contributed by atoms with Gasteiger partial charge in [-0.05, 0) is 42.3 Å². The summed E-state index contributed by atoms with van der Waals surface area (Å²) >= 11 is 0. The van der Waals surface area contributed by atoms with Crippen LogP contribution in [0.15, 0.2) is 47.6 Å². The van der Waals surface area contributed by atoms with Crippen molar-refractivity contribution in [3.05, 3.63) is 53.6 Å². The summed E-state index contributed by atoms with van der Waals surface area (Å²) in [4.78, 5) is 11.7. The molecule has 23 heavy (non-hydrogen) atoms. The number of carbonyl (C=O) groups is 1. The second-order valence-electron chi connectivity index (χ2n) is 4.89. The molecule has 0 aliphatic rings. The second-order valence-corrected chi connectivity index (χ2v) is 4.89. The fourth-order valence-electron chi connectivity index (χ4n) is 1.95. The summed E-state index contributed by atoms with van der Waals surface area (Å²) in [7, 11) is 1.48. The van der Waals surface area contributed by atoms with Crippen molar-refractivity contribution in [2.75, 3.05) is 19.0 Å². The number of ether oxygens (including phenoxy) is 1. The predicted molar refractivity (Wildman–Crippen MR) is 90.1 cm³/mol. The smallest absolute Gasteiger partial charge is 0.259 e. The third-order valence-corrected chi connectivity index (χ3v) is 3.19. The average molecular weight is 313 g/mol. The van der Waals surface area contributed by atoms with Crippen LogP contribution < -0.4 is 15.5 Å². The van der Waals surface area contributed by atoms with E-state index in [1.807, 2.05) is 31.2 Å². The molecule has 0 aromatic heterocycles. The maximum Gasteiger partial charge on any atom is 0.259 e. The molecule has 120 valence electrons. The van der Waals surface area contributed by atoms with Gasteiger partial charge in [0.05, 0.1) is 19.9 Å². The molecule has 2 aromatic rings. The summed E-state index contributed by atoms with van der Waals surface area (Å²) in [6.07, 6.45) is 1.45. The monoisotopic (exact) mass is 313 g/mol. The van der Waals surface area contributed by atoms with Gasteiger partial charge in [0.25, 0.3) is 5.91 Å². The maximum atomic E-state index is 11.7. The highest BCUT2D eigenvalue weighted by Crippen LogP contribution is 2.25. The molecular formula is C17H19N3O3. The number of phenolic OH excluding ortho intramolecular Hbond substituents is 1. The van der Waals surface area contributed by atoms with Gasteiger partial charge in [-0.2, -0.15) is 5.10 Å². The number of phenols is 1. The molecule has 3 N–H and O–H groups in total. The molecule has 0 saturated heterocycles. The summed E-state index contributed by atoms with van der Waals surface area (Å²) in [6, 6.07) is 12.6. The van der Waals surface area contributed by atoms with E-state index in [9.17, 15) is 9.90 Å². The molecule has 1 amide bonds. The van der Waals surface area contributed by atoms with Gasteiger partial charge in [-0.3, -0.25) is 4.79 Å². The lowest BCUT2D eigenvalue weighted by Crippen LogP contribution is -2.26. The molecule has 0 heterocycles. The van der Waals surface area contributed by atoms with Crippen LogP contribution in [0.3, 0.4) is 0 Å². The Morgan fingerprint density at radius 1 is 1.30 bits per heavy atom. The molecular weight excluding hydrogens is 294 g/mol. The Morgan fingerprint density at radius 2 is 2.09 bits per heavy atom. The lowest BCUT2D eigenvalue weighted by Gasteiger charge is -2.07. The molecule has 0 spiro atoms. The van der Waals surface area contributed by atoms with E-state index in [-0.39, 0.29) is 18.2 Å². The summed E-state index contributed by atoms with van der Waals surface area (Å²) in [5.41, 5.74) is 5.05. The van der Waals surface area contributed by atoms with Crippen molar-refractivity contribution < 1.29 is 14.6 Å². The van der Waals surface area contributed by atoms with Crippen LogP contribution in [0.2, 0.25) is 0 Å². The second kappa shape index (κ2) is 7.84. The molecule has 0 aliphatic heterocycles. The summed E-state index contributed by atoms with van der Waals surface area (Å²) < 4.78 is 4.95. The minimum atomic E-state index is -0.262. The number of anilines is 1. The molecule has 0 atom stereocenters. The Morgan fingerprint density at radius 3 is 2.78 bits per heavy atom. The van der Waals surface area contributed by atoms with E-state index < -0.39 is 0 Å². The first-order chi connectivity index (χ1) is 11.1. The van der Waals surface area contributed by atoms with Crippen molar-refractivity contribution in [3.8, 4) is 11.5 Å². The number of benzene rings is 2. The SMILES string of the molecule is COc1ccc(/C=N/NC(=O)CNc2ccccc2C)cc1O. The van der Waals surface area contributed by atoms with E-state index in [4.69, 9.17) is 4.74 Å². The van der Waals surface area contributed by atoms with Crippen LogP contribution in [0.1, 0.15) is 11.1 Å². The van der Waals surface area contributed by atoms with Crippen molar-refractivity contribution in [2.45, 2.75) is 6.92 Å². The maximum absolute atomic E-state index is 11.7. The van der Waals surface area contributed by atoms with Crippen molar-refractivity contribution in [1.29, 1.82) is 0 Å². The number of para-hydroxylation sites is 1. The van der Waals surface area contributed by atoms with Gasteiger partial charge in [-0.15, -0.1) is 0 Å². The third-order valence-electron chi connectivity index (χ3n) is 3.19. The zero-order valence-corrected chi connectivity index (χ0v) is 13.0. The molecule has 6 nitrogen and oxygen atoms in total. The number of hydrogen-bond donors (Lipinski definition) is 3. The van der Waals surface area contributed by atoms with Gasteiger partial charge in [-0.1, -0.05) is 18.2 Å². The molecule has 0 saturated carbocycles. The topological polar surface area (TPSA) is 83.0 Å². The first-order valence-electron chi connectivity index (χ1n) is 7.08. The van der Waals surface area contributed by atoms with Gasteiger partial charge < -0.3 is 15.2 Å². The number of amides is 1. The number of rotatable bonds is 6. The minimum absolute atomic E-state index is 0.0176. The Kier molecular flexibility index (Phi) is 5.57. The number of nitrogens with zero attached hydrogens (tertiary/aromatic N) is 1. The van der Waals surface area contributed by atoms with Crippen LogP contribution in [-0.2, 0) is 4.79 Å². The Balaban J connectivity index is 1.84.